The molecule has 1 aliphatic rings. The van der Waals surface area contributed by atoms with Crippen LogP contribution in [0.1, 0.15) is 99.6 Å². The molecule has 0 aliphatic carbocycles. The summed E-state index contributed by atoms with van der Waals surface area (Å²) in [7, 11) is 0. The highest BCUT2D eigenvalue weighted by Crippen LogP contribution is 2.48. The first-order valence-electron chi connectivity index (χ1n) is 12.6. The lowest BCUT2D eigenvalue weighted by atomic mass is 9.79. The number of benzene rings is 1. The van der Waals surface area contributed by atoms with E-state index in [1.165, 1.54) is 0 Å². The number of carbonyl (C=O) groups excluding carboxylic acids is 2. The molecule has 0 bridgehead atoms. The molecule has 1 saturated heterocycles. The number of esters is 1. The summed E-state index contributed by atoms with van der Waals surface area (Å²) in [4.78, 5) is 28.0. The van der Waals surface area contributed by atoms with Crippen molar-refractivity contribution in [2.45, 2.75) is 115 Å². The highest BCUT2D eigenvalue weighted by molar-refractivity contribution is 8.00. The lowest BCUT2D eigenvalue weighted by Crippen LogP contribution is -2.47. The fraction of sp³-hybridized carbons (Fsp3) is 0.714. The quantitative estimate of drug-likeness (QED) is 0.442. The largest absolute Gasteiger partial charge is 0.507 e. The third-order valence-electron chi connectivity index (χ3n) is 6.13. The SMILES string of the molecule is CCOC(=O)CC1(Sc2cc(C(C)(C)C)c(O)c(C(C)(C)C)c2)CCN(C(=O)OC(C)(C)C)CC1. The Balaban J connectivity index is 2.42. The number of likely N-dealkylation sites (tertiary alicyclic amines) is 1. The predicted molar refractivity (Wildman–Crippen MR) is 142 cm³/mol. The van der Waals surface area contributed by atoms with Gasteiger partial charge in [0.2, 0.25) is 0 Å². The Hall–Kier alpha value is -1.89. The molecule has 1 fully saturated rings. The van der Waals surface area contributed by atoms with Crippen LogP contribution < -0.4 is 0 Å². The number of nitrogens with zero attached hydrogens (tertiary/aromatic N) is 1. The second kappa shape index (κ2) is 10.6. The number of rotatable bonds is 5. The number of ether oxygens (including phenoxy) is 2. The molecule has 1 aliphatic heterocycles. The molecule has 1 aromatic rings. The molecule has 1 aromatic carbocycles. The molecule has 0 unspecified atom stereocenters. The Bertz CT molecular complexity index is 878. The van der Waals surface area contributed by atoms with Crippen molar-refractivity contribution in [1.29, 1.82) is 0 Å². The van der Waals surface area contributed by atoms with Crippen molar-refractivity contribution in [2.75, 3.05) is 19.7 Å². The zero-order valence-corrected chi connectivity index (χ0v) is 24.1. The van der Waals surface area contributed by atoms with E-state index in [-0.39, 0.29) is 29.3 Å². The molecule has 6 nitrogen and oxygen atoms in total. The molecule has 2 rings (SSSR count). The number of phenols is 1. The summed E-state index contributed by atoms with van der Waals surface area (Å²) in [6.45, 7) is 21.3. The molecule has 0 atom stereocenters. The van der Waals surface area contributed by atoms with Crippen LogP contribution >= 0.6 is 11.8 Å². The van der Waals surface area contributed by atoms with Gasteiger partial charge in [-0.1, -0.05) is 41.5 Å². The molecular formula is C28H45NO5S. The maximum atomic E-state index is 12.6. The molecule has 0 spiro atoms. The summed E-state index contributed by atoms with van der Waals surface area (Å²) in [5, 5.41) is 11.1. The van der Waals surface area contributed by atoms with Gasteiger partial charge in [0, 0.05) is 33.9 Å². The topological polar surface area (TPSA) is 76.1 Å². The fourth-order valence-corrected chi connectivity index (χ4v) is 5.70. The second-order valence-corrected chi connectivity index (χ2v) is 14.1. The Labute approximate surface area is 216 Å². The van der Waals surface area contributed by atoms with E-state index in [9.17, 15) is 14.7 Å². The van der Waals surface area contributed by atoms with Gasteiger partial charge < -0.3 is 19.5 Å². The number of aromatic hydroxyl groups is 1. The van der Waals surface area contributed by atoms with Gasteiger partial charge in [-0.25, -0.2) is 4.79 Å². The average Bonchev–Trinajstić information content (AvgIpc) is 2.66. The fourth-order valence-electron chi connectivity index (χ4n) is 4.27. The Morgan fingerprint density at radius 3 is 1.86 bits per heavy atom. The Morgan fingerprint density at radius 1 is 0.971 bits per heavy atom. The molecular weight excluding hydrogens is 462 g/mol. The van der Waals surface area contributed by atoms with Gasteiger partial charge in [-0.05, 0) is 63.5 Å². The van der Waals surface area contributed by atoms with Crippen LogP contribution in [0.3, 0.4) is 0 Å². The number of phenolic OH excluding ortho intramolecular Hbond substituents is 1. The van der Waals surface area contributed by atoms with Crippen molar-refractivity contribution in [3.8, 4) is 5.75 Å². The van der Waals surface area contributed by atoms with Crippen molar-refractivity contribution >= 4 is 23.8 Å². The molecule has 1 N–H and O–H groups in total. The zero-order valence-electron chi connectivity index (χ0n) is 23.3. The highest BCUT2D eigenvalue weighted by Gasteiger charge is 2.41. The zero-order chi connectivity index (χ0) is 26.8. The van der Waals surface area contributed by atoms with Gasteiger partial charge in [0.15, 0.2) is 0 Å². The van der Waals surface area contributed by atoms with Gasteiger partial charge in [0.1, 0.15) is 11.4 Å². The van der Waals surface area contributed by atoms with Crippen LogP contribution in [-0.2, 0) is 25.1 Å². The van der Waals surface area contributed by atoms with Gasteiger partial charge in [-0.3, -0.25) is 4.79 Å². The van der Waals surface area contributed by atoms with E-state index in [1.807, 2.05) is 27.7 Å². The monoisotopic (exact) mass is 507 g/mol. The minimum absolute atomic E-state index is 0.225. The third-order valence-corrected chi connectivity index (χ3v) is 7.59. The van der Waals surface area contributed by atoms with Crippen molar-refractivity contribution in [1.82, 2.24) is 4.90 Å². The minimum Gasteiger partial charge on any atom is -0.507 e. The van der Waals surface area contributed by atoms with Gasteiger partial charge in [-0.15, -0.1) is 11.8 Å². The molecule has 198 valence electrons. The van der Waals surface area contributed by atoms with Crippen molar-refractivity contribution in [2.24, 2.45) is 0 Å². The van der Waals surface area contributed by atoms with E-state index in [0.717, 1.165) is 16.0 Å². The van der Waals surface area contributed by atoms with Crippen LogP contribution in [0.15, 0.2) is 17.0 Å². The lowest BCUT2D eigenvalue weighted by Gasteiger charge is -2.41. The predicted octanol–water partition coefficient (Wildman–Crippen LogP) is 6.80. The van der Waals surface area contributed by atoms with E-state index < -0.39 is 10.3 Å². The average molecular weight is 508 g/mol. The maximum absolute atomic E-state index is 12.6. The number of hydrogen-bond acceptors (Lipinski definition) is 6. The molecule has 1 heterocycles. The van der Waals surface area contributed by atoms with Crippen LogP contribution in [0.25, 0.3) is 0 Å². The van der Waals surface area contributed by atoms with Crippen molar-refractivity contribution in [3.63, 3.8) is 0 Å². The first-order valence-corrected chi connectivity index (χ1v) is 13.4. The van der Waals surface area contributed by atoms with Crippen LogP contribution in [0, 0.1) is 0 Å². The number of piperidine rings is 1. The van der Waals surface area contributed by atoms with E-state index in [1.54, 1.807) is 16.7 Å². The number of thioether (sulfide) groups is 1. The summed E-state index contributed by atoms with van der Waals surface area (Å²) in [6.07, 6.45) is 1.24. The Morgan fingerprint density at radius 2 is 1.46 bits per heavy atom. The molecule has 0 saturated carbocycles. The smallest absolute Gasteiger partial charge is 0.410 e. The number of amides is 1. The molecule has 0 aromatic heterocycles. The summed E-state index contributed by atoms with van der Waals surface area (Å²) in [5.74, 6) is 0.116. The van der Waals surface area contributed by atoms with Crippen LogP contribution in [0.2, 0.25) is 0 Å². The number of carbonyl (C=O) groups is 2. The summed E-state index contributed by atoms with van der Waals surface area (Å²) < 4.78 is 10.5. The van der Waals surface area contributed by atoms with E-state index in [2.05, 4.69) is 53.7 Å². The van der Waals surface area contributed by atoms with E-state index in [0.29, 0.717) is 38.3 Å². The number of hydrogen-bond donors (Lipinski definition) is 1. The molecule has 1 amide bonds. The molecule has 35 heavy (non-hydrogen) atoms. The van der Waals surface area contributed by atoms with Gasteiger partial charge in [0.25, 0.3) is 0 Å². The standard InChI is InChI=1S/C28H45NO5S/c1-11-33-22(30)18-28(12-14-29(15-13-28)24(32)34-27(8,9)10)35-19-16-20(25(2,3)4)23(31)21(17-19)26(5,6)7/h16-17,31H,11-15,18H2,1-10H3. The lowest BCUT2D eigenvalue weighted by molar-refractivity contribution is -0.144. The second-order valence-electron chi connectivity index (χ2n) is 12.6. The van der Waals surface area contributed by atoms with Gasteiger partial charge >= 0.3 is 12.1 Å². The van der Waals surface area contributed by atoms with Crippen LogP contribution in [0.4, 0.5) is 4.79 Å². The first-order chi connectivity index (χ1) is 15.9. The molecule has 7 heteroatoms. The Kier molecular flexibility index (Phi) is 8.90. The van der Waals surface area contributed by atoms with Crippen molar-refractivity contribution in [3.05, 3.63) is 23.3 Å². The van der Waals surface area contributed by atoms with Crippen molar-refractivity contribution < 1.29 is 24.2 Å². The summed E-state index contributed by atoms with van der Waals surface area (Å²) in [6, 6.07) is 4.12. The normalized spacial score (nSPS) is 16.7. The summed E-state index contributed by atoms with van der Waals surface area (Å²) in [5.41, 5.74) is 0.753. The van der Waals surface area contributed by atoms with Gasteiger partial charge in [0.05, 0.1) is 13.0 Å². The van der Waals surface area contributed by atoms with E-state index >= 15 is 0 Å². The van der Waals surface area contributed by atoms with Crippen LogP contribution in [0.5, 0.6) is 5.75 Å². The minimum atomic E-state index is -0.552. The van der Waals surface area contributed by atoms with E-state index in [4.69, 9.17) is 9.47 Å². The molecule has 0 radical (unpaired) electrons. The highest BCUT2D eigenvalue weighted by atomic mass is 32.2. The summed E-state index contributed by atoms with van der Waals surface area (Å²) >= 11 is 1.67. The third kappa shape index (κ3) is 8.06. The van der Waals surface area contributed by atoms with Crippen LogP contribution in [-0.4, -0.2) is 52.1 Å². The van der Waals surface area contributed by atoms with Gasteiger partial charge in [-0.2, -0.15) is 0 Å². The maximum Gasteiger partial charge on any atom is 0.410 e. The first kappa shape index (κ1) is 29.3.